The van der Waals surface area contributed by atoms with Gasteiger partial charge < -0.3 is 14.8 Å². The lowest BCUT2D eigenvalue weighted by Crippen LogP contribution is -2.32. The molecule has 3 aromatic carbocycles. The second kappa shape index (κ2) is 8.31. The molecule has 0 spiro atoms. The number of carbonyl (C=O) groups excluding carboxylic acids is 2. The number of methoxy groups -OCH3 is 2. The summed E-state index contributed by atoms with van der Waals surface area (Å²) in [5.74, 6) is -0.664. The van der Waals surface area contributed by atoms with E-state index in [0.29, 0.717) is 22.7 Å². The molecule has 31 heavy (non-hydrogen) atoms. The topological polar surface area (TPSA) is 67.9 Å². The molecule has 7 heteroatoms. The standard InChI is InChI=1S/C24H19FN2O4/c1-30-19-12-11-17(14-20(19)31-2)26-22-21(15-7-4-3-5-8-15)23(28)27(24(22)29)18-10-6-9-16(25)13-18/h3-14,26H,1-2H3. The molecule has 1 N–H and O–H groups in total. The van der Waals surface area contributed by atoms with Crippen molar-refractivity contribution >= 4 is 28.8 Å². The quantitative estimate of drug-likeness (QED) is 0.607. The van der Waals surface area contributed by atoms with Crippen LogP contribution in [-0.4, -0.2) is 26.0 Å². The van der Waals surface area contributed by atoms with Gasteiger partial charge in [0.15, 0.2) is 11.5 Å². The van der Waals surface area contributed by atoms with E-state index in [4.69, 9.17) is 9.47 Å². The van der Waals surface area contributed by atoms with Crippen LogP contribution >= 0.6 is 0 Å². The largest absolute Gasteiger partial charge is 0.493 e. The van der Waals surface area contributed by atoms with Crippen molar-refractivity contribution in [1.82, 2.24) is 0 Å². The van der Waals surface area contributed by atoms with Gasteiger partial charge in [0.1, 0.15) is 11.5 Å². The van der Waals surface area contributed by atoms with Gasteiger partial charge >= 0.3 is 0 Å². The summed E-state index contributed by atoms with van der Waals surface area (Å²) in [6, 6.07) is 19.3. The molecule has 0 radical (unpaired) electrons. The van der Waals surface area contributed by atoms with E-state index in [-0.39, 0.29) is 17.0 Å². The van der Waals surface area contributed by atoms with Gasteiger partial charge in [-0.15, -0.1) is 0 Å². The highest BCUT2D eigenvalue weighted by atomic mass is 19.1. The fourth-order valence-corrected chi connectivity index (χ4v) is 3.43. The highest BCUT2D eigenvalue weighted by molar-refractivity contribution is 6.46. The molecule has 1 aliphatic rings. The molecule has 1 heterocycles. The molecular formula is C24H19FN2O4. The van der Waals surface area contributed by atoms with E-state index in [1.165, 1.54) is 32.4 Å². The van der Waals surface area contributed by atoms with E-state index in [1.54, 1.807) is 42.5 Å². The van der Waals surface area contributed by atoms with E-state index in [1.807, 2.05) is 6.07 Å². The molecule has 0 bridgehead atoms. The minimum atomic E-state index is -0.579. The highest BCUT2D eigenvalue weighted by Crippen LogP contribution is 2.36. The summed E-state index contributed by atoms with van der Waals surface area (Å²) in [6.45, 7) is 0. The summed E-state index contributed by atoms with van der Waals surface area (Å²) in [6.07, 6.45) is 0. The molecule has 2 amide bonds. The van der Waals surface area contributed by atoms with Gasteiger partial charge in [-0.25, -0.2) is 9.29 Å². The Morgan fingerprint density at radius 1 is 0.806 bits per heavy atom. The van der Waals surface area contributed by atoms with Crippen LogP contribution < -0.4 is 19.7 Å². The van der Waals surface area contributed by atoms with Gasteiger partial charge in [-0.1, -0.05) is 36.4 Å². The van der Waals surface area contributed by atoms with E-state index in [2.05, 4.69) is 5.32 Å². The fourth-order valence-electron chi connectivity index (χ4n) is 3.43. The third kappa shape index (κ3) is 3.73. The number of ether oxygens (including phenoxy) is 2. The van der Waals surface area contributed by atoms with Gasteiger partial charge in [0.2, 0.25) is 0 Å². The van der Waals surface area contributed by atoms with Crippen molar-refractivity contribution in [2.75, 3.05) is 24.4 Å². The maximum Gasteiger partial charge on any atom is 0.282 e. The molecule has 3 aromatic rings. The minimum Gasteiger partial charge on any atom is -0.493 e. The Kier molecular flexibility index (Phi) is 5.41. The van der Waals surface area contributed by atoms with Crippen LogP contribution in [0.3, 0.4) is 0 Å². The first-order valence-corrected chi connectivity index (χ1v) is 9.46. The molecular weight excluding hydrogens is 399 g/mol. The number of amides is 2. The average Bonchev–Trinajstić information content (AvgIpc) is 3.03. The van der Waals surface area contributed by atoms with Crippen LogP contribution in [0, 0.1) is 5.82 Å². The lowest BCUT2D eigenvalue weighted by molar-refractivity contribution is -0.120. The number of anilines is 2. The second-order valence-corrected chi connectivity index (χ2v) is 6.74. The van der Waals surface area contributed by atoms with Crippen molar-refractivity contribution in [3.63, 3.8) is 0 Å². The molecule has 0 fully saturated rings. The Morgan fingerprint density at radius 3 is 2.23 bits per heavy atom. The molecule has 0 saturated carbocycles. The van der Waals surface area contributed by atoms with Crippen LogP contribution in [-0.2, 0) is 9.59 Å². The SMILES string of the molecule is COc1ccc(NC2=C(c3ccccc3)C(=O)N(c3cccc(F)c3)C2=O)cc1OC. The number of nitrogens with zero attached hydrogens (tertiary/aromatic N) is 1. The maximum absolute atomic E-state index is 13.8. The van der Waals surface area contributed by atoms with Crippen LogP contribution in [0.25, 0.3) is 5.57 Å². The number of hydrogen-bond acceptors (Lipinski definition) is 5. The van der Waals surface area contributed by atoms with E-state index >= 15 is 0 Å². The first-order valence-electron chi connectivity index (χ1n) is 9.46. The Balaban J connectivity index is 1.80. The normalized spacial score (nSPS) is 13.6. The van der Waals surface area contributed by atoms with Gasteiger partial charge in [-0.05, 0) is 35.9 Å². The molecule has 0 unspecified atom stereocenters. The second-order valence-electron chi connectivity index (χ2n) is 6.74. The highest BCUT2D eigenvalue weighted by Gasteiger charge is 2.40. The third-order valence-electron chi connectivity index (χ3n) is 4.87. The number of hydrogen-bond donors (Lipinski definition) is 1. The lowest BCUT2D eigenvalue weighted by Gasteiger charge is -2.15. The average molecular weight is 418 g/mol. The summed E-state index contributed by atoms with van der Waals surface area (Å²) < 4.78 is 24.4. The van der Waals surface area contributed by atoms with Crippen molar-refractivity contribution in [3.8, 4) is 11.5 Å². The van der Waals surface area contributed by atoms with Gasteiger partial charge in [-0.2, -0.15) is 0 Å². The Morgan fingerprint density at radius 2 is 1.55 bits per heavy atom. The van der Waals surface area contributed by atoms with Gasteiger partial charge in [0.25, 0.3) is 11.8 Å². The van der Waals surface area contributed by atoms with Gasteiger partial charge in [0.05, 0.1) is 25.5 Å². The van der Waals surface area contributed by atoms with Crippen LogP contribution in [0.1, 0.15) is 5.56 Å². The van der Waals surface area contributed by atoms with Crippen molar-refractivity contribution in [1.29, 1.82) is 0 Å². The van der Waals surface area contributed by atoms with Crippen LogP contribution in [0.5, 0.6) is 11.5 Å². The van der Waals surface area contributed by atoms with Gasteiger partial charge in [-0.3, -0.25) is 9.59 Å². The summed E-state index contributed by atoms with van der Waals surface area (Å²) in [5, 5.41) is 3.05. The smallest absolute Gasteiger partial charge is 0.282 e. The summed E-state index contributed by atoms with van der Waals surface area (Å²) in [5.41, 5.74) is 1.55. The number of rotatable bonds is 6. The van der Waals surface area contributed by atoms with Crippen LogP contribution in [0.15, 0.2) is 78.5 Å². The Hall–Kier alpha value is -4.13. The van der Waals surface area contributed by atoms with E-state index in [9.17, 15) is 14.0 Å². The molecule has 0 aromatic heterocycles. The molecule has 0 atom stereocenters. The van der Waals surface area contributed by atoms with Gasteiger partial charge in [0, 0.05) is 11.8 Å². The van der Waals surface area contributed by atoms with Crippen molar-refractivity contribution in [2.24, 2.45) is 0 Å². The molecule has 1 aliphatic heterocycles. The van der Waals surface area contributed by atoms with E-state index in [0.717, 1.165) is 11.0 Å². The summed E-state index contributed by atoms with van der Waals surface area (Å²) in [4.78, 5) is 27.6. The summed E-state index contributed by atoms with van der Waals surface area (Å²) >= 11 is 0. The first-order chi connectivity index (χ1) is 15.0. The van der Waals surface area contributed by atoms with Crippen molar-refractivity contribution in [2.45, 2.75) is 0 Å². The fraction of sp³-hybridized carbons (Fsp3) is 0.0833. The molecule has 4 rings (SSSR count). The van der Waals surface area contributed by atoms with Crippen molar-refractivity contribution < 1.29 is 23.5 Å². The minimum absolute atomic E-state index is 0.0904. The molecule has 0 aliphatic carbocycles. The first kappa shape index (κ1) is 20.2. The number of halogens is 1. The van der Waals surface area contributed by atoms with Crippen molar-refractivity contribution in [3.05, 3.63) is 89.9 Å². The predicted octanol–water partition coefficient (Wildman–Crippen LogP) is 4.24. The zero-order chi connectivity index (χ0) is 22.0. The molecule has 156 valence electrons. The summed E-state index contributed by atoms with van der Waals surface area (Å²) in [7, 11) is 3.03. The maximum atomic E-state index is 13.8. The molecule has 0 saturated heterocycles. The lowest BCUT2D eigenvalue weighted by atomic mass is 10.0. The monoisotopic (exact) mass is 418 g/mol. The van der Waals surface area contributed by atoms with Crippen LogP contribution in [0.2, 0.25) is 0 Å². The zero-order valence-electron chi connectivity index (χ0n) is 16.9. The van der Waals surface area contributed by atoms with Crippen LogP contribution in [0.4, 0.5) is 15.8 Å². The predicted molar refractivity (Wildman–Crippen MR) is 115 cm³/mol. The third-order valence-corrected chi connectivity index (χ3v) is 4.87. The molecule has 6 nitrogen and oxygen atoms in total. The zero-order valence-corrected chi connectivity index (χ0v) is 16.9. The number of imide groups is 1. The number of benzene rings is 3. The number of carbonyl (C=O) groups is 2. The number of nitrogens with one attached hydrogen (secondary N) is 1. The van der Waals surface area contributed by atoms with E-state index < -0.39 is 17.6 Å². The Bertz CT molecular complexity index is 1190. The Labute approximate surface area is 178 Å².